The lowest BCUT2D eigenvalue weighted by Gasteiger charge is -2.13. The third kappa shape index (κ3) is 2.46. The lowest BCUT2D eigenvalue weighted by molar-refractivity contribution is 0.385. The molecule has 4 N–H and O–H groups in total. The first kappa shape index (κ1) is 14.7. The van der Waals surface area contributed by atoms with E-state index in [4.69, 9.17) is 9.76 Å². The Bertz CT molecular complexity index is 887. The van der Waals surface area contributed by atoms with Gasteiger partial charge in [0.15, 0.2) is 0 Å². The van der Waals surface area contributed by atoms with Gasteiger partial charge in [-0.2, -0.15) is 16.8 Å². The summed E-state index contributed by atoms with van der Waals surface area (Å²) in [6.07, 6.45) is 0. The van der Waals surface area contributed by atoms with Crippen LogP contribution < -0.4 is 5.48 Å². The summed E-state index contributed by atoms with van der Waals surface area (Å²) in [6, 6.07) is 6.79. The highest BCUT2D eigenvalue weighted by molar-refractivity contribution is 7.89. The first-order valence-electron chi connectivity index (χ1n) is 5.07. The van der Waals surface area contributed by atoms with E-state index in [0.29, 0.717) is 0 Å². The van der Waals surface area contributed by atoms with Crippen molar-refractivity contribution in [3.63, 3.8) is 0 Å². The lowest BCUT2D eigenvalue weighted by Crippen LogP contribution is -2.12. The highest BCUT2D eigenvalue weighted by atomic mass is 32.2. The Hall–Kier alpha value is -1.72. The summed E-state index contributed by atoms with van der Waals surface area (Å²) in [4.78, 5) is -2.13. The molecule has 20 heavy (non-hydrogen) atoms. The van der Waals surface area contributed by atoms with Crippen molar-refractivity contribution in [2.45, 2.75) is 9.79 Å². The van der Waals surface area contributed by atoms with Crippen molar-refractivity contribution in [2.75, 3.05) is 5.48 Å². The maximum absolute atomic E-state index is 11.5. The first-order chi connectivity index (χ1) is 9.16. The van der Waals surface area contributed by atoms with Gasteiger partial charge in [0.2, 0.25) is 0 Å². The molecule has 2 rings (SSSR count). The number of benzene rings is 2. The van der Waals surface area contributed by atoms with Gasteiger partial charge in [0, 0.05) is 5.39 Å². The molecule has 8 nitrogen and oxygen atoms in total. The Kier molecular flexibility index (Phi) is 3.44. The van der Waals surface area contributed by atoms with Crippen LogP contribution in [0.1, 0.15) is 0 Å². The monoisotopic (exact) mass is 319 g/mol. The van der Waals surface area contributed by atoms with E-state index in [1.165, 1.54) is 23.7 Å². The van der Waals surface area contributed by atoms with E-state index < -0.39 is 35.7 Å². The Labute approximate surface area is 114 Å². The van der Waals surface area contributed by atoms with Crippen LogP contribution in [0.2, 0.25) is 0 Å². The molecule has 0 radical (unpaired) electrons. The van der Waals surface area contributed by atoms with Crippen LogP contribution in [-0.2, 0) is 20.2 Å². The third-order valence-electron chi connectivity index (χ3n) is 2.59. The summed E-state index contributed by atoms with van der Waals surface area (Å²) in [5.41, 5.74) is 0.922. The molecular formula is C10H9NO7S2. The van der Waals surface area contributed by atoms with Crippen molar-refractivity contribution in [1.29, 1.82) is 0 Å². The fraction of sp³-hybridized carbons (Fsp3) is 0. The van der Waals surface area contributed by atoms with Gasteiger partial charge in [-0.05, 0) is 11.5 Å². The van der Waals surface area contributed by atoms with Crippen LogP contribution in [0.15, 0.2) is 40.1 Å². The molecule has 0 heterocycles. The van der Waals surface area contributed by atoms with Gasteiger partial charge < -0.3 is 0 Å². The van der Waals surface area contributed by atoms with Gasteiger partial charge >= 0.3 is 0 Å². The molecule has 2 aromatic rings. The lowest BCUT2D eigenvalue weighted by atomic mass is 10.1. The van der Waals surface area contributed by atoms with E-state index in [2.05, 4.69) is 0 Å². The molecule has 0 atom stereocenters. The highest BCUT2D eigenvalue weighted by Crippen LogP contribution is 2.35. The minimum atomic E-state index is -5.01. The number of hydrogen-bond donors (Lipinski definition) is 4. The number of hydrogen-bond acceptors (Lipinski definition) is 6. The average Bonchev–Trinajstić information content (AvgIpc) is 2.34. The summed E-state index contributed by atoms with van der Waals surface area (Å²) in [6.45, 7) is 0. The minimum absolute atomic E-state index is 0.110. The standard InChI is InChI=1S/C10H9NO7S2/c12-11-8-5-6-3-1-2-4-7(6)9(19(13,14)15)10(8)20(16,17)18/h1-5,11-12H,(H,13,14,15)(H,16,17,18). The maximum atomic E-state index is 11.5. The number of anilines is 1. The van der Waals surface area contributed by atoms with Gasteiger partial charge in [0.05, 0.1) is 5.69 Å². The number of rotatable bonds is 3. The molecule has 10 heteroatoms. The summed E-state index contributed by atoms with van der Waals surface area (Å²) in [7, 11) is -9.98. The van der Waals surface area contributed by atoms with Crippen molar-refractivity contribution in [3.8, 4) is 0 Å². The SMILES string of the molecule is O=S(=O)(O)c1c(NO)cc2ccccc2c1S(=O)(=O)O. The topological polar surface area (TPSA) is 141 Å². The van der Waals surface area contributed by atoms with Crippen molar-refractivity contribution >= 4 is 36.7 Å². The second kappa shape index (κ2) is 4.68. The zero-order chi connectivity index (χ0) is 15.1. The largest absolute Gasteiger partial charge is 0.298 e. The van der Waals surface area contributed by atoms with Crippen LogP contribution in [0.25, 0.3) is 10.8 Å². The number of fused-ring (bicyclic) bond motifs is 1. The van der Waals surface area contributed by atoms with Crippen molar-refractivity contribution in [3.05, 3.63) is 30.3 Å². The quantitative estimate of drug-likeness (QED) is 0.487. The molecule has 0 aliphatic carbocycles. The van der Waals surface area contributed by atoms with Crippen LogP contribution in [-0.4, -0.2) is 31.1 Å². The van der Waals surface area contributed by atoms with E-state index in [1.54, 1.807) is 6.07 Å². The van der Waals surface area contributed by atoms with Gasteiger partial charge in [-0.15, -0.1) is 0 Å². The van der Waals surface area contributed by atoms with E-state index in [9.17, 15) is 21.4 Å². The molecule has 0 aliphatic rings. The number of nitrogens with one attached hydrogen (secondary N) is 1. The smallest absolute Gasteiger partial charge is 0.291 e. The molecule has 108 valence electrons. The highest BCUT2D eigenvalue weighted by Gasteiger charge is 2.30. The zero-order valence-electron chi connectivity index (χ0n) is 9.68. The van der Waals surface area contributed by atoms with E-state index in [0.717, 1.165) is 6.07 Å². The summed E-state index contributed by atoms with van der Waals surface area (Å²) in [5, 5.41) is 9.06. The Morgan fingerprint density at radius 3 is 1.95 bits per heavy atom. The fourth-order valence-corrected chi connectivity index (χ4v) is 4.06. The van der Waals surface area contributed by atoms with Gasteiger partial charge in [-0.3, -0.25) is 19.8 Å². The van der Waals surface area contributed by atoms with Crippen LogP contribution >= 0.6 is 0 Å². The summed E-state index contributed by atoms with van der Waals surface area (Å²) < 4.78 is 64.0. The molecule has 0 unspecified atom stereocenters. The summed E-state index contributed by atoms with van der Waals surface area (Å²) >= 11 is 0. The molecular weight excluding hydrogens is 310 g/mol. The Morgan fingerprint density at radius 1 is 0.900 bits per heavy atom. The predicted octanol–water partition coefficient (Wildman–Crippen LogP) is 1.13. The molecule has 0 amide bonds. The van der Waals surface area contributed by atoms with Crippen LogP contribution in [0.4, 0.5) is 5.69 Å². The van der Waals surface area contributed by atoms with Crippen LogP contribution in [0.3, 0.4) is 0 Å². The molecule has 2 aromatic carbocycles. The molecule has 0 aliphatic heterocycles. The van der Waals surface area contributed by atoms with Crippen molar-refractivity contribution < 1.29 is 31.1 Å². The summed E-state index contributed by atoms with van der Waals surface area (Å²) in [5.74, 6) is 0. The molecule has 0 spiro atoms. The Balaban J connectivity index is 3.18. The van der Waals surface area contributed by atoms with Crippen LogP contribution in [0, 0.1) is 0 Å². The molecule has 0 saturated carbocycles. The molecule has 0 aromatic heterocycles. The Morgan fingerprint density at radius 2 is 1.45 bits per heavy atom. The van der Waals surface area contributed by atoms with Gasteiger partial charge in [0.25, 0.3) is 20.2 Å². The van der Waals surface area contributed by atoms with Crippen molar-refractivity contribution in [1.82, 2.24) is 0 Å². The second-order valence-electron chi connectivity index (χ2n) is 3.87. The molecule has 0 fully saturated rings. The van der Waals surface area contributed by atoms with E-state index in [1.807, 2.05) is 0 Å². The normalized spacial score (nSPS) is 12.6. The van der Waals surface area contributed by atoms with Crippen LogP contribution in [0.5, 0.6) is 0 Å². The van der Waals surface area contributed by atoms with Gasteiger partial charge in [-0.25, -0.2) is 0 Å². The van der Waals surface area contributed by atoms with Gasteiger partial charge in [-0.1, -0.05) is 24.3 Å². The van der Waals surface area contributed by atoms with E-state index in [-0.39, 0.29) is 10.8 Å². The minimum Gasteiger partial charge on any atom is -0.291 e. The zero-order valence-corrected chi connectivity index (χ0v) is 11.3. The molecule has 0 saturated heterocycles. The average molecular weight is 319 g/mol. The maximum Gasteiger partial charge on any atom is 0.298 e. The third-order valence-corrected chi connectivity index (χ3v) is 4.60. The van der Waals surface area contributed by atoms with Gasteiger partial charge in [0.1, 0.15) is 9.79 Å². The first-order valence-corrected chi connectivity index (χ1v) is 7.95. The fourth-order valence-electron chi connectivity index (χ4n) is 1.89. The molecule has 0 bridgehead atoms. The van der Waals surface area contributed by atoms with E-state index >= 15 is 0 Å². The second-order valence-corrected chi connectivity index (χ2v) is 6.58. The predicted molar refractivity (Wildman–Crippen MR) is 69.0 cm³/mol. The van der Waals surface area contributed by atoms with Crippen molar-refractivity contribution in [2.24, 2.45) is 0 Å².